The van der Waals surface area contributed by atoms with Crippen molar-refractivity contribution in [2.75, 3.05) is 17.2 Å². The molecule has 5 heterocycles. The highest BCUT2D eigenvalue weighted by molar-refractivity contribution is 8.01. The summed E-state index contributed by atoms with van der Waals surface area (Å²) in [6.45, 7) is 0.985. The van der Waals surface area contributed by atoms with Gasteiger partial charge in [0, 0.05) is 22.6 Å². The number of carbonyl (C=O) groups excluding carboxylic acids is 2. The van der Waals surface area contributed by atoms with Gasteiger partial charge in [0.15, 0.2) is 22.3 Å². The molecule has 0 aliphatic carbocycles. The summed E-state index contributed by atoms with van der Waals surface area (Å²) in [5.41, 5.74) is 5.13. The van der Waals surface area contributed by atoms with E-state index in [9.17, 15) is 49.5 Å². The van der Waals surface area contributed by atoms with Crippen molar-refractivity contribution in [3.8, 4) is 11.5 Å². The molecule has 2 atom stereocenters. The van der Waals surface area contributed by atoms with Gasteiger partial charge in [0.05, 0.1) is 11.1 Å². The zero-order valence-electron chi connectivity index (χ0n) is 25.7. The highest BCUT2D eigenvalue weighted by Crippen LogP contribution is 2.42. The lowest BCUT2D eigenvalue weighted by Crippen LogP contribution is -2.71. The molecular formula is C28H23N9O11S3. The number of fused-ring (bicyclic) bond motifs is 2. The van der Waals surface area contributed by atoms with Crippen LogP contribution in [0.5, 0.6) is 11.5 Å². The van der Waals surface area contributed by atoms with Crippen LogP contribution in [-0.2, 0) is 25.8 Å². The number of rotatable bonds is 12. The van der Waals surface area contributed by atoms with Crippen LogP contribution in [0.4, 0.5) is 5.13 Å². The Hall–Kier alpha value is -5.94. The molecule has 1 saturated heterocycles. The van der Waals surface area contributed by atoms with Crippen LogP contribution < -0.4 is 11.1 Å². The number of amides is 2. The average Bonchev–Trinajstić information content (AvgIpc) is 3.71. The number of phenolic OH excluding ortho intramolecular Hbond substituents is 2. The summed E-state index contributed by atoms with van der Waals surface area (Å²) >= 11 is 3.31. The number of aromatic carboxylic acids is 2. The fraction of sp³-hybridized carbons (Fsp3) is 0.214. The molecule has 20 nitrogen and oxygen atoms in total. The number of thioether (sulfide) groups is 2. The van der Waals surface area contributed by atoms with Crippen molar-refractivity contribution in [2.45, 2.75) is 30.0 Å². The van der Waals surface area contributed by atoms with E-state index in [4.69, 9.17) is 10.6 Å². The lowest BCUT2D eigenvalue weighted by atomic mass is 10.0. The molecule has 264 valence electrons. The van der Waals surface area contributed by atoms with Crippen molar-refractivity contribution in [1.82, 2.24) is 34.8 Å². The number of benzene rings is 1. The van der Waals surface area contributed by atoms with E-state index >= 15 is 0 Å². The largest absolute Gasteiger partial charge is 0.504 e. The monoisotopic (exact) mass is 757 g/mol. The number of hydrogen-bond donors (Lipinski definition) is 7. The Bertz CT molecular complexity index is 2220. The van der Waals surface area contributed by atoms with Crippen LogP contribution >= 0.6 is 34.9 Å². The third-order valence-corrected chi connectivity index (χ3v) is 10.5. The van der Waals surface area contributed by atoms with E-state index in [1.165, 1.54) is 21.7 Å². The highest BCUT2D eigenvalue weighted by atomic mass is 32.2. The molecule has 2 aliphatic rings. The molecule has 6 rings (SSSR count). The number of nitrogens with one attached hydrogen (secondary N) is 1. The summed E-state index contributed by atoms with van der Waals surface area (Å²) in [4.78, 5) is 80.7. The van der Waals surface area contributed by atoms with Gasteiger partial charge in [-0.3, -0.25) is 14.5 Å². The van der Waals surface area contributed by atoms with Gasteiger partial charge >= 0.3 is 17.9 Å². The van der Waals surface area contributed by atoms with Crippen LogP contribution in [0, 0.1) is 6.92 Å². The van der Waals surface area contributed by atoms with E-state index in [1.54, 1.807) is 13.0 Å². The van der Waals surface area contributed by atoms with Gasteiger partial charge < -0.3 is 41.4 Å². The summed E-state index contributed by atoms with van der Waals surface area (Å²) in [5, 5.41) is 60.2. The number of carboxylic acids is 3. The minimum Gasteiger partial charge on any atom is -0.504 e. The number of thiazole rings is 1. The summed E-state index contributed by atoms with van der Waals surface area (Å²) < 4.78 is 1.23. The number of anilines is 1. The second-order valence-corrected chi connectivity index (χ2v) is 13.6. The van der Waals surface area contributed by atoms with Crippen LogP contribution in [0.2, 0.25) is 0 Å². The number of nitrogens with zero attached hydrogens (tertiary/aromatic N) is 7. The molecule has 8 N–H and O–H groups in total. The standard InChI is InChI=1S/C28H23N9O11S3/c1-9-4-15(37-28(30-9)33-20(34-37)26(46)47)49-6-10-7-50-23-17(22(41)36(23)18(10)25(44)45)32-21(40)16(13-8-51-27(29)31-13)35-48-5-12-11(24(42)43)2-3-14(38)19(12)39/h2-4,8,17,23,38-39H,5-7H2,1H3,(H2,29,31)(H,32,40)(H,42,43)(H,44,45)(H,46,47)/b35-16-/t17-,23-/m1/s1. The molecule has 3 aromatic heterocycles. The molecular weight excluding hydrogens is 735 g/mol. The molecule has 0 spiro atoms. The smallest absolute Gasteiger partial charge is 0.375 e. The van der Waals surface area contributed by atoms with E-state index in [1.807, 2.05) is 0 Å². The van der Waals surface area contributed by atoms with Crippen LogP contribution in [0.15, 0.2) is 45.0 Å². The first-order chi connectivity index (χ1) is 24.2. The Morgan fingerprint density at radius 3 is 2.55 bits per heavy atom. The van der Waals surface area contributed by atoms with Gasteiger partial charge in [-0.15, -0.1) is 40.0 Å². The molecule has 0 unspecified atom stereocenters. The number of β-lactam (4-membered cyclic amide) rings is 1. The molecule has 0 radical (unpaired) electrons. The van der Waals surface area contributed by atoms with Gasteiger partial charge in [0.1, 0.15) is 34.4 Å². The van der Waals surface area contributed by atoms with Gasteiger partial charge in [-0.05, 0) is 30.7 Å². The summed E-state index contributed by atoms with van der Waals surface area (Å²) in [5.74, 6) is -7.37. The van der Waals surface area contributed by atoms with Gasteiger partial charge in [-0.25, -0.2) is 24.4 Å². The lowest BCUT2D eigenvalue weighted by Gasteiger charge is -2.49. The maximum absolute atomic E-state index is 13.5. The Morgan fingerprint density at radius 2 is 1.88 bits per heavy atom. The number of carbonyl (C=O) groups is 5. The Kier molecular flexibility index (Phi) is 9.42. The number of aromatic nitrogens is 5. The van der Waals surface area contributed by atoms with Gasteiger partial charge in [-0.1, -0.05) is 5.16 Å². The van der Waals surface area contributed by atoms with Gasteiger partial charge in [-0.2, -0.15) is 9.50 Å². The van der Waals surface area contributed by atoms with E-state index in [-0.39, 0.29) is 39.4 Å². The van der Waals surface area contributed by atoms with Crippen LogP contribution in [-0.4, -0.2) is 113 Å². The number of carboxylic acid groups (broad SMARTS) is 3. The normalized spacial score (nSPS) is 17.2. The molecule has 51 heavy (non-hydrogen) atoms. The van der Waals surface area contributed by atoms with Crippen molar-refractivity contribution < 1.29 is 54.3 Å². The number of aromatic hydroxyl groups is 2. The minimum absolute atomic E-state index is 0.0492. The first-order valence-corrected chi connectivity index (χ1v) is 17.2. The number of phenols is 2. The van der Waals surface area contributed by atoms with Crippen molar-refractivity contribution in [1.29, 1.82) is 0 Å². The molecule has 0 saturated carbocycles. The van der Waals surface area contributed by atoms with Crippen LogP contribution in [0.1, 0.15) is 37.9 Å². The maximum atomic E-state index is 13.5. The second kappa shape index (κ2) is 13.8. The molecule has 2 amide bonds. The summed E-state index contributed by atoms with van der Waals surface area (Å²) in [6, 6.07) is 2.47. The minimum atomic E-state index is -1.43. The van der Waals surface area contributed by atoms with Crippen molar-refractivity contribution in [2.24, 2.45) is 5.16 Å². The molecule has 1 fully saturated rings. The van der Waals surface area contributed by atoms with Crippen LogP contribution in [0.3, 0.4) is 0 Å². The summed E-state index contributed by atoms with van der Waals surface area (Å²) in [7, 11) is 0. The average molecular weight is 758 g/mol. The molecule has 23 heteroatoms. The number of aliphatic carboxylic acids is 1. The highest BCUT2D eigenvalue weighted by Gasteiger charge is 2.54. The zero-order valence-corrected chi connectivity index (χ0v) is 28.2. The molecule has 2 aliphatic heterocycles. The topological polar surface area (TPSA) is 305 Å². The lowest BCUT2D eigenvalue weighted by molar-refractivity contribution is -0.150. The van der Waals surface area contributed by atoms with E-state index in [2.05, 4.69) is 30.5 Å². The van der Waals surface area contributed by atoms with Crippen molar-refractivity contribution in [3.63, 3.8) is 0 Å². The number of nitrogens with two attached hydrogens (primary N) is 1. The first-order valence-electron chi connectivity index (χ1n) is 14.2. The van der Waals surface area contributed by atoms with Gasteiger partial charge in [0.25, 0.3) is 23.4 Å². The second-order valence-electron chi connectivity index (χ2n) is 10.6. The fourth-order valence-electron chi connectivity index (χ4n) is 5.05. The number of nitrogen functional groups attached to an aromatic ring is 1. The Labute approximate surface area is 296 Å². The summed E-state index contributed by atoms with van der Waals surface area (Å²) in [6.07, 6.45) is 0. The predicted molar refractivity (Wildman–Crippen MR) is 177 cm³/mol. The number of aryl methyl sites for hydroxylation is 1. The third-order valence-electron chi connectivity index (χ3n) is 7.37. The Morgan fingerprint density at radius 1 is 1.12 bits per heavy atom. The molecule has 0 bridgehead atoms. The van der Waals surface area contributed by atoms with E-state index < -0.39 is 76.3 Å². The number of oxime groups is 1. The molecule has 4 aromatic rings. The first kappa shape index (κ1) is 34.9. The number of hydrogen-bond acceptors (Lipinski definition) is 17. The van der Waals surface area contributed by atoms with Crippen LogP contribution in [0.25, 0.3) is 5.78 Å². The van der Waals surface area contributed by atoms with Gasteiger partial charge in [0.2, 0.25) is 0 Å². The molecule has 1 aromatic carbocycles. The SMILES string of the molecule is Cc1cc(SCC2=C(C(=O)O)N3C(=O)[C@@H](NC(=O)/C(=N\OCc4c(C(=O)O)ccc(O)c4O)c4csc(N)n4)[C@H]3SC2)n2nc(C(=O)O)nc2n1. The van der Waals surface area contributed by atoms with E-state index in [0.29, 0.717) is 16.3 Å². The third kappa shape index (κ3) is 6.68. The van der Waals surface area contributed by atoms with E-state index in [0.717, 1.165) is 40.1 Å². The Balaban J connectivity index is 1.20. The zero-order chi connectivity index (χ0) is 36.7. The fourth-order valence-corrected chi connectivity index (χ4v) is 8.13. The van der Waals surface area contributed by atoms with Crippen molar-refractivity contribution >= 4 is 81.2 Å². The van der Waals surface area contributed by atoms with Crippen molar-refractivity contribution in [3.05, 3.63) is 63.2 Å². The maximum Gasteiger partial charge on any atom is 0.375 e. The predicted octanol–water partition coefficient (Wildman–Crippen LogP) is 0.731. The quantitative estimate of drug-likeness (QED) is 0.0262.